The van der Waals surface area contributed by atoms with E-state index < -0.39 is 0 Å². The van der Waals surface area contributed by atoms with Gasteiger partial charge in [0.25, 0.3) is 0 Å². The van der Waals surface area contributed by atoms with Gasteiger partial charge in [0, 0.05) is 25.1 Å². The maximum absolute atomic E-state index is 11.9. The van der Waals surface area contributed by atoms with E-state index >= 15 is 0 Å². The summed E-state index contributed by atoms with van der Waals surface area (Å²) in [6.07, 6.45) is 5.29. The van der Waals surface area contributed by atoms with Crippen LogP contribution in [0, 0.1) is 5.92 Å². The maximum atomic E-state index is 11.9. The minimum atomic E-state index is -0.358. The highest BCUT2D eigenvalue weighted by Crippen LogP contribution is 2.09. The van der Waals surface area contributed by atoms with E-state index in [-0.39, 0.29) is 12.7 Å². The number of ether oxygens (including phenoxy) is 1. The molecule has 2 aromatic rings. The zero-order valence-electron chi connectivity index (χ0n) is 10.6. The first-order valence-corrected chi connectivity index (χ1v) is 5.98. The number of fused-ring (bicyclic) bond motifs is 1. The Kier molecular flexibility index (Phi) is 3.94. The summed E-state index contributed by atoms with van der Waals surface area (Å²) in [7, 11) is 0. The van der Waals surface area contributed by atoms with Crippen LogP contribution in [-0.2, 0) is 4.74 Å². The Morgan fingerprint density at radius 2 is 2.33 bits per heavy atom. The SMILES string of the molecule is CC(C)CNCOC(=O)c1cccn2ccnc12. The third kappa shape index (κ3) is 2.87. The van der Waals surface area contributed by atoms with Crippen molar-refractivity contribution in [2.24, 2.45) is 5.92 Å². The molecule has 0 spiro atoms. The van der Waals surface area contributed by atoms with Gasteiger partial charge in [-0.05, 0) is 18.1 Å². The van der Waals surface area contributed by atoms with Crippen molar-refractivity contribution in [1.29, 1.82) is 0 Å². The molecule has 2 heterocycles. The number of carbonyl (C=O) groups is 1. The molecule has 96 valence electrons. The summed E-state index contributed by atoms with van der Waals surface area (Å²) < 4.78 is 6.94. The molecule has 0 aliphatic heterocycles. The van der Waals surface area contributed by atoms with Crippen LogP contribution in [0.2, 0.25) is 0 Å². The Hall–Kier alpha value is -1.88. The van der Waals surface area contributed by atoms with Crippen molar-refractivity contribution >= 4 is 11.6 Å². The molecular weight excluding hydrogens is 230 g/mol. The van der Waals surface area contributed by atoms with E-state index in [1.54, 1.807) is 28.9 Å². The van der Waals surface area contributed by atoms with Crippen LogP contribution >= 0.6 is 0 Å². The van der Waals surface area contributed by atoms with E-state index in [0.29, 0.717) is 17.1 Å². The highest BCUT2D eigenvalue weighted by atomic mass is 16.5. The predicted molar refractivity (Wildman–Crippen MR) is 68.3 cm³/mol. The average Bonchev–Trinajstić information content (AvgIpc) is 2.82. The van der Waals surface area contributed by atoms with E-state index in [2.05, 4.69) is 24.1 Å². The number of imidazole rings is 1. The second-order valence-corrected chi connectivity index (χ2v) is 4.50. The lowest BCUT2D eigenvalue weighted by Crippen LogP contribution is -2.24. The van der Waals surface area contributed by atoms with Gasteiger partial charge in [0.1, 0.15) is 12.3 Å². The number of hydrogen-bond acceptors (Lipinski definition) is 4. The van der Waals surface area contributed by atoms with Gasteiger partial charge in [-0.2, -0.15) is 0 Å². The molecule has 0 saturated heterocycles. The molecule has 0 saturated carbocycles. The number of nitrogens with zero attached hydrogens (tertiary/aromatic N) is 2. The van der Waals surface area contributed by atoms with Gasteiger partial charge >= 0.3 is 5.97 Å². The Labute approximate surface area is 106 Å². The van der Waals surface area contributed by atoms with Gasteiger partial charge in [0.15, 0.2) is 5.65 Å². The standard InChI is InChI=1S/C13H17N3O2/c1-10(2)8-14-9-18-13(17)11-4-3-6-16-7-5-15-12(11)16/h3-7,10,14H,8-9H2,1-2H3. The summed E-state index contributed by atoms with van der Waals surface area (Å²) >= 11 is 0. The van der Waals surface area contributed by atoms with E-state index in [4.69, 9.17) is 4.74 Å². The zero-order valence-corrected chi connectivity index (χ0v) is 10.6. The van der Waals surface area contributed by atoms with E-state index in [1.165, 1.54) is 0 Å². The molecule has 1 N–H and O–H groups in total. The summed E-state index contributed by atoms with van der Waals surface area (Å²) in [6.45, 7) is 5.24. The van der Waals surface area contributed by atoms with Gasteiger partial charge in [0.05, 0.1) is 0 Å². The van der Waals surface area contributed by atoms with E-state index in [0.717, 1.165) is 6.54 Å². The quantitative estimate of drug-likeness (QED) is 0.496. The molecule has 0 bridgehead atoms. The molecule has 0 aliphatic rings. The molecule has 2 rings (SSSR count). The van der Waals surface area contributed by atoms with Gasteiger partial charge in [-0.3, -0.25) is 5.32 Å². The Bertz CT molecular complexity index is 534. The summed E-state index contributed by atoms with van der Waals surface area (Å²) in [6, 6.07) is 3.51. The van der Waals surface area contributed by atoms with Crippen LogP contribution in [0.3, 0.4) is 0 Å². The molecule has 2 aromatic heterocycles. The molecule has 0 aliphatic carbocycles. The zero-order chi connectivity index (χ0) is 13.0. The van der Waals surface area contributed by atoms with Crippen LogP contribution in [0.4, 0.5) is 0 Å². The van der Waals surface area contributed by atoms with Gasteiger partial charge in [0.2, 0.25) is 0 Å². The van der Waals surface area contributed by atoms with Crippen molar-refractivity contribution in [3.8, 4) is 0 Å². The molecule has 0 radical (unpaired) electrons. The number of hydrogen-bond donors (Lipinski definition) is 1. The monoisotopic (exact) mass is 247 g/mol. The van der Waals surface area contributed by atoms with E-state index in [9.17, 15) is 4.79 Å². The first kappa shape index (κ1) is 12.6. The van der Waals surface area contributed by atoms with Crippen LogP contribution < -0.4 is 5.32 Å². The fourth-order valence-electron chi connectivity index (χ4n) is 1.65. The smallest absolute Gasteiger partial charge is 0.343 e. The normalized spacial score (nSPS) is 11.1. The second kappa shape index (κ2) is 5.64. The molecule has 0 amide bonds. The first-order valence-electron chi connectivity index (χ1n) is 5.98. The Balaban J connectivity index is 1.98. The highest BCUT2D eigenvalue weighted by Gasteiger charge is 2.12. The van der Waals surface area contributed by atoms with Crippen LogP contribution in [0.1, 0.15) is 24.2 Å². The van der Waals surface area contributed by atoms with Gasteiger partial charge < -0.3 is 9.14 Å². The minimum absolute atomic E-state index is 0.221. The van der Waals surface area contributed by atoms with Crippen LogP contribution in [0.5, 0.6) is 0 Å². The largest absolute Gasteiger partial charge is 0.446 e. The second-order valence-electron chi connectivity index (χ2n) is 4.50. The van der Waals surface area contributed by atoms with Crippen molar-refractivity contribution < 1.29 is 9.53 Å². The third-order valence-electron chi connectivity index (χ3n) is 2.50. The molecule has 0 unspecified atom stereocenters. The van der Waals surface area contributed by atoms with Crippen LogP contribution in [0.15, 0.2) is 30.7 Å². The van der Waals surface area contributed by atoms with Crippen LogP contribution in [-0.4, -0.2) is 28.6 Å². The number of aromatic nitrogens is 2. The van der Waals surface area contributed by atoms with Gasteiger partial charge in [-0.1, -0.05) is 13.8 Å². The lowest BCUT2D eigenvalue weighted by atomic mass is 10.2. The number of esters is 1. The lowest BCUT2D eigenvalue weighted by Gasteiger charge is -2.08. The molecule has 5 nitrogen and oxygen atoms in total. The molecule has 0 fully saturated rings. The van der Waals surface area contributed by atoms with Crippen molar-refractivity contribution in [2.75, 3.05) is 13.3 Å². The lowest BCUT2D eigenvalue weighted by molar-refractivity contribution is 0.0470. The molecule has 5 heteroatoms. The molecule has 18 heavy (non-hydrogen) atoms. The fraction of sp³-hybridized carbons (Fsp3) is 0.385. The maximum Gasteiger partial charge on any atom is 0.343 e. The average molecular weight is 247 g/mol. The van der Waals surface area contributed by atoms with E-state index in [1.807, 2.05) is 6.20 Å². The van der Waals surface area contributed by atoms with Crippen LogP contribution in [0.25, 0.3) is 5.65 Å². The topological polar surface area (TPSA) is 55.6 Å². The number of pyridine rings is 1. The van der Waals surface area contributed by atoms with Gasteiger partial charge in [-0.15, -0.1) is 0 Å². The summed E-state index contributed by atoms with van der Waals surface area (Å²) in [5.41, 5.74) is 1.10. The third-order valence-corrected chi connectivity index (χ3v) is 2.50. The number of rotatable bonds is 5. The van der Waals surface area contributed by atoms with Crippen molar-refractivity contribution in [1.82, 2.24) is 14.7 Å². The van der Waals surface area contributed by atoms with Crippen molar-refractivity contribution in [2.45, 2.75) is 13.8 Å². The first-order chi connectivity index (χ1) is 8.68. The molecule has 0 aromatic carbocycles. The summed E-state index contributed by atoms with van der Waals surface area (Å²) in [5.74, 6) is 0.169. The van der Waals surface area contributed by atoms with Crippen molar-refractivity contribution in [3.05, 3.63) is 36.3 Å². The predicted octanol–water partition coefficient (Wildman–Crippen LogP) is 1.69. The molecular formula is C13H17N3O2. The van der Waals surface area contributed by atoms with Crippen molar-refractivity contribution in [3.63, 3.8) is 0 Å². The Morgan fingerprint density at radius 1 is 1.50 bits per heavy atom. The number of nitrogens with one attached hydrogen (secondary N) is 1. The minimum Gasteiger partial charge on any atom is -0.446 e. The van der Waals surface area contributed by atoms with Gasteiger partial charge in [-0.25, -0.2) is 9.78 Å². The highest BCUT2D eigenvalue weighted by molar-refractivity contribution is 5.95. The number of carbonyl (C=O) groups excluding carboxylic acids is 1. The summed E-state index contributed by atoms with van der Waals surface area (Å²) in [4.78, 5) is 16.0. The fourth-order valence-corrected chi connectivity index (χ4v) is 1.65. The Morgan fingerprint density at radius 3 is 3.11 bits per heavy atom. The molecule has 0 atom stereocenters. The summed E-state index contributed by atoms with van der Waals surface area (Å²) in [5, 5.41) is 3.06.